The van der Waals surface area contributed by atoms with Crippen molar-refractivity contribution in [1.29, 1.82) is 0 Å². The van der Waals surface area contributed by atoms with Gasteiger partial charge in [0, 0.05) is 23.8 Å². The second-order valence-electron chi connectivity index (χ2n) is 5.74. The molecule has 0 amide bonds. The monoisotopic (exact) mass is 293 g/mol. The van der Waals surface area contributed by atoms with Crippen LogP contribution in [-0.2, 0) is 0 Å². The first-order valence-corrected chi connectivity index (χ1v) is 7.62. The van der Waals surface area contributed by atoms with Crippen molar-refractivity contribution in [2.75, 3.05) is 11.4 Å². The molecule has 2 atom stereocenters. The Labute approximate surface area is 124 Å². The Morgan fingerprint density at radius 2 is 2.10 bits per heavy atom. The van der Waals surface area contributed by atoms with E-state index in [1.165, 1.54) is 32.1 Å². The van der Waals surface area contributed by atoms with E-state index in [9.17, 15) is 0 Å². The molecule has 1 aliphatic heterocycles. The summed E-state index contributed by atoms with van der Waals surface area (Å²) in [5.41, 5.74) is 7.35. The third kappa shape index (κ3) is 2.33. The quantitative estimate of drug-likeness (QED) is 0.381. The van der Waals surface area contributed by atoms with Gasteiger partial charge in [-0.25, -0.2) is 0 Å². The average Bonchev–Trinajstić information content (AvgIpc) is 2.94. The lowest BCUT2D eigenvalue weighted by Crippen LogP contribution is -2.42. The summed E-state index contributed by atoms with van der Waals surface area (Å²) < 4.78 is 0. The minimum absolute atomic E-state index is 0.0546. The number of fused-ring (bicyclic) bond motifs is 1. The van der Waals surface area contributed by atoms with E-state index >= 15 is 0 Å². The third-order valence-corrected chi connectivity index (χ3v) is 4.97. The van der Waals surface area contributed by atoms with Crippen molar-refractivity contribution in [3.05, 3.63) is 28.8 Å². The molecule has 0 bridgehead atoms. The normalized spacial score (nSPS) is 26.6. The molecule has 2 unspecified atom stereocenters. The molecule has 0 radical (unpaired) electrons. The van der Waals surface area contributed by atoms with E-state index in [0.717, 1.165) is 18.2 Å². The smallest absolute Gasteiger partial charge is 0.171 e. The van der Waals surface area contributed by atoms with E-state index < -0.39 is 0 Å². The van der Waals surface area contributed by atoms with E-state index in [4.69, 9.17) is 22.5 Å². The lowest BCUT2D eigenvalue weighted by atomic mass is 9.91. The summed E-state index contributed by atoms with van der Waals surface area (Å²) in [5, 5.41) is 12.3. The highest BCUT2D eigenvalue weighted by molar-refractivity contribution is 6.34. The van der Waals surface area contributed by atoms with E-state index in [-0.39, 0.29) is 5.84 Å². The predicted molar refractivity (Wildman–Crippen MR) is 81.7 cm³/mol. The number of benzene rings is 1. The molecule has 2 fully saturated rings. The van der Waals surface area contributed by atoms with Crippen LogP contribution >= 0.6 is 11.6 Å². The highest BCUT2D eigenvalue weighted by Gasteiger charge is 2.35. The number of anilines is 1. The van der Waals surface area contributed by atoms with Crippen LogP contribution < -0.4 is 10.6 Å². The molecule has 1 heterocycles. The summed E-state index contributed by atoms with van der Waals surface area (Å²) in [5.74, 6) is 0.894. The van der Waals surface area contributed by atoms with Gasteiger partial charge in [0.25, 0.3) is 0 Å². The zero-order valence-electron chi connectivity index (χ0n) is 11.4. The lowest BCUT2D eigenvalue weighted by Gasteiger charge is -2.39. The molecule has 0 spiro atoms. The van der Waals surface area contributed by atoms with Gasteiger partial charge < -0.3 is 15.8 Å². The lowest BCUT2D eigenvalue weighted by molar-refractivity contribution is 0.318. The van der Waals surface area contributed by atoms with Gasteiger partial charge in [-0.05, 0) is 49.8 Å². The molecule has 108 valence electrons. The van der Waals surface area contributed by atoms with Gasteiger partial charge in [-0.3, -0.25) is 0 Å². The largest absolute Gasteiger partial charge is 0.409 e. The van der Waals surface area contributed by atoms with Crippen molar-refractivity contribution in [3.8, 4) is 0 Å². The number of hydrogen-bond acceptors (Lipinski definition) is 3. The Hall–Kier alpha value is -1.42. The number of oxime groups is 1. The first-order chi connectivity index (χ1) is 9.70. The van der Waals surface area contributed by atoms with Crippen LogP contribution in [0.5, 0.6) is 0 Å². The fourth-order valence-corrected chi connectivity index (χ4v) is 3.99. The van der Waals surface area contributed by atoms with Crippen molar-refractivity contribution >= 4 is 23.1 Å². The van der Waals surface area contributed by atoms with Gasteiger partial charge in [0.15, 0.2) is 5.84 Å². The summed E-state index contributed by atoms with van der Waals surface area (Å²) in [6.45, 7) is 1.10. The van der Waals surface area contributed by atoms with Crippen molar-refractivity contribution < 1.29 is 5.21 Å². The number of amidine groups is 1. The fourth-order valence-electron chi connectivity index (χ4n) is 3.72. The number of hydrogen-bond donors (Lipinski definition) is 2. The van der Waals surface area contributed by atoms with E-state index in [2.05, 4.69) is 10.1 Å². The van der Waals surface area contributed by atoms with Crippen LogP contribution in [0.15, 0.2) is 23.4 Å². The van der Waals surface area contributed by atoms with Gasteiger partial charge >= 0.3 is 0 Å². The molecule has 0 aromatic heterocycles. The topological polar surface area (TPSA) is 61.9 Å². The van der Waals surface area contributed by atoms with E-state index in [1.807, 2.05) is 18.2 Å². The highest BCUT2D eigenvalue weighted by atomic mass is 35.5. The number of rotatable bonds is 2. The first-order valence-electron chi connectivity index (χ1n) is 7.25. The summed E-state index contributed by atoms with van der Waals surface area (Å²) in [6.07, 6.45) is 6.58. The van der Waals surface area contributed by atoms with Gasteiger partial charge in [0.05, 0.1) is 5.02 Å². The summed E-state index contributed by atoms with van der Waals surface area (Å²) >= 11 is 6.27. The Bertz CT molecular complexity index is 532. The van der Waals surface area contributed by atoms with Crippen LogP contribution in [0.2, 0.25) is 5.02 Å². The van der Waals surface area contributed by atoms with Crippen molar-refractivity contribution in [2.24, 2.45) is 16.8 Å². The Balaban J connectivity index is 1.88. The van der Waals surface area contributed by atoms with Gasteiger partial charge in [-0.15, -0.1) is 0 Å². The zero-order valence-corrected chi connectivity index (χ0v) is 12.2. The molecule has 3 rings (SSSR count). The van der Waals surface area contributed by atoms with E-state index in [0.29, 0.717) is 16.6 Å². The van der Waals surface area contributed by atoms with E-state index in [1.54, 1.807) is 0 Å². The molecule has 3 N–H and O–H groups in total. The minimum Gasteiger partial charge on any atom is -0.409 e. The molecule has 5 heteroatoms. The molecule has 1 saturated carbocycles. The number of nitrogens with two attached hydrogens (primary N) is 1. The minimum atomic E-state index is 0.0546. The molecule has 1 aromatic rings. The molecule has 4 nitrogen and oxygen atoms in total. The predicted octanol–water partition coefficient (Wildman–Crippen LogP) is 3.20. The number of halogens is 1. The van der Waals surface area contributed by atoms with Crippen molar-refractivity contribution in [1.82, 2.24) is 0 Å². The second kappa shape index (κ2) is 5.52. The number of nitrogens with zero attached hydrogens (tertiary/aromatic N) is 2. The van der Waals surface area contributed by atoms with Gasteiger partial charge in [-0.2, -0.15) is 0 Å². The number of piperidine rings is 1. The third-order valence-electron chi connectivity index (χ3n) is 4.66. The fraction of sp³-hybridized carbons (Fsp3) is 0.533. The maximum atomic E-state index is 8.75. The standard InChI is InChI=1S/C15H20ClN3O/c16-13-9-11(6-7-12(13)15(17)18-20)19-8-2-4-10-3-1-5-14(10)19/h6-7,9-10,14,20H,1-5,8H2,(H2,17,18). The Morgan fingerprint density at radius 3 is 2.85 bits per heavy atom. The average molecular weight is 294 g/mol. The van der Waals surface area contributed by atoms with Crippen LogP contribution in [0.25, 0.3) is 0 Å². The zero-order chi connectivity index (χ0) is 14.1. The van der Waals surface area contributed by atoms with Gasteiger partial charge in [0.2, 0.25) is 0 Å². The first kappa shape index (κ1) is 13.6. The molecule has 20 heavy (non-hydrogen) atoms. The Kier molecular flexibility index (Phi) is 3.74. The molecular weight excluding hydrogens is 274 g/mol. The van der Waals surface area contributed by atoms with Gasteiger partial charge in [-0.1, -0.05) is 23.2 Å². The van der Waals surface area contributed by atoms with Gasteiger partial charge in [0.1, 0.15) is 0 Å². The molecular formula is C15H20ClN3O. The summed E-state index contributed by atoms with van der Waals surface area (Å²) in [6, 6.07) is 6.47. The molecule has 1 aliphatic carbocycles. The van der Waals surface area contributed by atoms with Crippen LogP contribution in [0.4, 0.5) is 5.69 Å². The SMILES string of the molecule is NC(=NO)c1ccc(N2CCCC3CCCC32)cc1Cl. The maximum absolute atomic E-state index is 8.75. The summed E-state index contributed by atoms with van der Waals surface area (Å²) in [7, 11) is 0. The van der Waals surface area contributed by atoms with Crippen LogP contribution in [-0.4, -0.2) is 23.6 Å². The van der Waals surface area contributed by atoms with Crippen molar-refractivity contribution in [2.45, 2.75) is 38.1 Å². The molecule has 1 aromatic carbocycles. The van der Waals surface area contributed by atoms with Crippen LogP contribution in [0.1, 0.15) is 37.7 Å². The van der Waals surface area contributed by atoms with Crippen LogP contribution in [0, 0.1) is 5.92 Å². The maximum Gasteiger partial charge on any atom is 0.171 e. The molecule has 1 saturated heterocycles. The van der Waals surface area contributed by atoms with Crippen molar-refractivity contribution in [3.63, 3.8) is 0 Å². The highest BCUT2D eigenvalue weighted by Crippen LogP contribution is 2.39. The molecule has 2 aliphatic rings. The second-order valence-corrected chi connectivity index (χ2v) is 6.15. The summed E-state index contributed by atoms with van der Waals surface area (Å²) in [4.78, 5) is 2.49. The Morgan fingerprint density at radius 1 is 1.30 bits per heavy atom. The van der Waals surface area contributed by atoms with Crippen LogP contribution in [0.3, 0.4) is 0 Å².